The molecule has 0 aliphatic heterocycles. The Morgan fingerprint density at radius 3 is 2.03 bits per heavy atom. The molecule has 158 valence electrons. The normalized spacial score (nSPS) is 11.6. The smallest absolute Gasteiger partial charge is 0.251 e. The van der Waals surface area contributed by atoms with E-state index >= 15 is 0 Å². The van der Waals surface area contributed by atoms with Crippen LogP contribution in [0.3, 0.4) is 0 Å². The molecule has 0 saturated carbocycles. The third-order valence-electron chi connectivity index (χ3n) is 4.72. The van der Waals surface area contributed by atoms with E-state index in [2.05, 4.69) is 10.6 Å². The van der Waals surface area contributed by atoms with Crippen LogP contribution in [-0.4, -0.2) is 17.6 Å². The maximum absolute atomic E-state index is 13.1. The predicted molar refractivity (Wildman–Crippen MR) is 122 cm³/mol. The number of hydrogen-bond acceptors (Lipinski definition) is 3. The summed E-state index contributed by atoms with van der Waals surface area (Å²) in [5.74, 6) is -0.499. The number of rotatable bonds is 8. The zero-order valence-corrected chi connectivity index (χ0v) is 17.7. The molecule has 0 bridgehead atoms. The molecular formula is C26H26N2O3. The molecule has 0 spiro atoms. The van der Waals surface area contributed by atoms with Crippen molar-refractivity contribution in [3.05, 3.63) is 102 Å². The summed E-state index contributed by atoms with van der Waals surface area (Å²) in [4.78, 5) is 38.2. The molecule has 2 amide bonds. The van der Waals surface area contributed by atoms with E-state index < -0.39 is 6.04 Å². The van der Waals surface area contributed by atoms with Crippen LogP contribution >= 0.6 is 0 Å². The lowest BCUT2D eigenvalue weighted by molar-refractivity contribution is -0.127. The fourth-order valence-electron chi connectivity index (χ4n) is 3.25. The highest BCUT2D eigenvalue weighted by molar-refractivity contribution is 6.10. The lowest BCUT2D eigenvalue weighted by Gasteiger charge is -2.20. The molecule has 0 fully saturated rings. The maximum atomic E-state index is 13.1. The largest absolute Gasteiger partial charge is 0.341 e. The van der Waals surface area contributed by atoms with Gasteiger partial charge in [-0.1, -0.05) is 86.6 Å². The summed E-state index contributed by atoms with van der Waals surface area (Å²) in [6.45, 7) is 3.90. The Hall–Kier alpha value is -3.73. The van der Waals surface area contributed by atoms with Crippen LogP contribution in [0.25, 0.3) is 0 Å². The summed E-state index contributed by atoms with van der Waals surface area (Å²) >= 11 is 0. The highest BCUT2D eigenvalue weighted by Gasteiger charge is 2.23. The first kappa shape index (κ1) is 22.0. The highest BCUT2D eigenvalue weighted by atomic mass is 16.2. The zero-order valence-electron chi connectivity index (χ0n) is 17.7. The second kappa shape index (κ2) is 10.3. The van der Waals surface area contributed by atoms with Crippen molar-refractivity contribution >= 4 is 23.3 Å². The van der Waals surface area contributed by atoms with Gasteiger partial charge < -0.3 is 10.6 Å². The second-order valence-corrected chi connectivity index (χ2v) is 7.77. The Kier molecular flexibility index (Phi) is 7.33. The minimum atomic E-state index is -0.832. The first-order valence-corrected chi connectivity index (χ1v) is 10.3. The van der Waals surface area contributed by atoms with E-state index in [0.717, 1.165) is 0 Å². The number of amides is 2. The summed E-state index contributed by atoms with van der Waals surface area (Å²) in [5.41, 5.74) is 2.23. The van der Waals surface area contributed by atoms with Crippen molar-refractivity contribution in [1.82, 2.24) is 5.32 Å². The van der Waals surface area contributed by atoms with Gasteiger partial charge in [0.1, 0.15) is 6.04 Å². The van der Waals surface area contributed by atoms with Gasteiger partial charge >= 0.3 is 0 Å². The quantitative estimate of drug-likeness (QED) is 0.522. The average molecular weight is 415 g/mol. The fourth-order valence-corrected chi connectivity index (χ4v) is 3.25. The molecule has 0 radical (unpaired) electrons. The standard InChI is InChI=1S/C26H26N2O3/c1-18(2)16-23(29)28-24(19-10-5-3-6-11-19)26(31)27-22-15-9-14-21(17-22)25(30)20-12-7-4-8-13-20/h3-15,17-18,24H,16H2,1-2H3,(H,27,31)(H,28,29). The van der Waals surface area contributed by atoms with Gasteiger partial charge in [0.25, 0.3) is 5.91 Å². The Bertz CT molecular complexity index is 1050. The number of carbonyl (C=O) groups is 3. The van der Waals surface area contributed by atoms with Gasteiger partial charge in [0.15, 0.2) is 5.78 Å². The Morgan fingerprint density at radius 2 is 1.39 bits per heavy atom. The van der Waals surface area contributed by atoms with Crippen molar-refractivity contribution in [2.24, 2.45) is 5.92 Å². The lowest BCUT2D eigenvalue weighted by atomic mass is 10.0. The minimum Gasteiger partial charge on any atom is -0.341 e. The van der Waals surface area contributed by atoms with Crippen molar-refractivity contribution in [3.8, 4) is 0 Å². The number of carbonyl (C=O) groups excluding carboxylic acids is 3. The van der Waals surface area contributed by atoms with Gasteiger partial charge in [-0.25, -0.2) is 0 Å². The number of ketones is 1. The third kappa shape index (κ3) is 6.12. The molecule has 0 aromatic heterocycles. The Morgan fingerprint density at radius 1 is 0.774 bits per heavy atom. The van der Waals surface area contributed by atoms with Crippen LogP contribution in [0.5, 0.6) is 0 Å². The van der Waals surface area contributed by atoms with Crippen LogP contribution in [-0.2, 0) is 9.59 Å². The summed E-state index contributed by atoms with van der Waals surface area (Å²) in [6.07, 6.45) is 0.331. The number of nitrogens with one attached hydrogen (secondary N) is 2. The highest BCUT2D eigenvalue weighted by Crippen LogP contribution is 2.19. The summed E-state index contributed by atoms with van der Waals surface area (Å²) in [5, 5.41) is 5.67. The topological polar surface area (TPSA) is 75.3 Å². The third-order valence-corrected chi connectivity index (χ3v) is 4.72. The van der Waals surface area contributed by atoms with Gasteiger partial charge in [-0.05, 0) is 23.6 Å². The molecule has 5 heteroatoms. The molecule has 3 rings (SSSR count). The van der Waals surface area contributed by atoms with Crippen LogP contribution in [0, 0.1) is 5.92 Å². The van der Waals surface area contributed by atoms with E-state index in [1.54, 1.807) is 48.5 Å². The van der Waals surface area contributed by atoms with Gasteiger partial charge in [-0.15, -0.1) is 0 Å². The van der Waals surface area contributed by atoms with Gasteiger partial charge in [0, 0.05) is 23.2 Å². The van der Waals surface area contributed by atoms with Gasteiger partial charge in [-0.2, -0.15) is 0 Å². The average Bonchev–Trinajstić information content (AvgIpc) is 2.78. The molecule has 0 heterocycles. The van der Waals surface area contributed by atoms with E-state index in [1.165, 1.54) is 0 Å². The van der Waals surface area contributed by atoms with Crippen molar-refractivity contribution in [3.63, 3.8) is 0 Å². The minimum absolute atomic E-state index is 0.124. The van der Waals surface area contributed by atoms with Crippen LogP contribution in [0.4, 0.5) is 5.69 Å². The molecular weight excluding hydrogens is 388 g/mol. The van der Waals surface area contributed by atoms with Crippen LogP contribution in [0.1, 0.15) is 47.8 Å². The van der Waals surface area contributed by atoms with Gasteiger partial charge in [0.05, 0.1) is 0 Å². The molecule has 0 saturated heterocycles. The van der Waals surface area contributed by atoms with Crippen molar-refractivity contribution < 1.29 is 14.4 Å². The second-order valence-electron chi connectivity index (χ2n) is 7.77. The number of hydrogen-bond donors (Lipinski definition) is 2. The summed E-state index contributed by atoms with van der Waals surface area (Å²) < 4.78 is 0. The SMILES string of the molecule is CC(C)CC(=O)NC(C(=O)Nc1cccc(C(=O)c2ccccc2)c1)c1ccccc1. The summed E-state index contributed by atoms with van der Waals surface area (Å²) in [6, 6.07) is 24.0. The van der Waals surface area contributed by atoms with E-state index in [4.69, 9.17) is 0 Å². The van der Waals surface area contributed by atoms with Crippen molar-refractivity contribution in [1.29, 1.82) is 0 Å². The lowest BCUT2D eigenvalue weighted by Crippen LogP contribution is -2.37. The van der Waals surface area contributed by atoms with E-state index in [-0.39, 0.29) is 23.5 Å². The zero-order chi connectivity index (χ0) is 22.2. The monoisotopic (exact) mass is 414 g/mol. The molecule has 1 atom stereocenters. The van der Waals surface area contributed by atoms with E-state index in [0.29, 0.717) is 28.8 Å². The molecule has 2 N–H and O–H groups in total. The molecule has 0 aliphatic rings. The molecule has 0 aliphatic carbocycles. The fraction of sp³-hybridized carbons (Fsp3) is 0.192. The first-order chi connectivity index (χ1) is 14.9. The van der Waals surface area contributed by atoms with Crippen LogP contribution in [0.15, 0.2) is 84.9 Å². The molecule has 3 aromatic rings. The molecule has 31 heavy (non-hydrogen) atoms. The molecule has 5 nitrogen and oxygen atoms in total. The number of anilines is 1. The summed E-state index contributed by atoms with van der Waals surface area (Å²) in [7, 11) is 0. The van der Waals surface area contributed by atoms with E-state index in [1.807, 2.05) is 50.2 Å². The number of benzene rings is 3. The van der Waals surface area contributed by atoms with Gasteiger partial charge in [0.2, 0.25) is 5.91 Å². The Balaban J connectivity index is 1.80. The van der Waals surface area contributed by atoms with Crippen LogP contribution < -0.4 is 10.6 Å². The van der Waals surface area contributed by atoms with Crippen LogP contribution in [0.2, 0.25) is 0 Å². The van der Waals surface area contributed by atoms with E-state index in [9.17, 15) is 14.4 Å². The first-order valence-electron chi connectivity index (χ1n) is 10.3. The molecule has 3 aromatic carbocycles. The Labute approximate surface area is 182 Å². The van der Waals surface area contributed by atoms with Gasteiger partial charge in [-0.3, -0.25) is 14.4 Å². The predicted octanol–water partition coefficient (Wildman–Crippen LogP) is 4.76. The van der Waals surface area contributed by atoms with Crippen molar-refractivity contribution in [2.75, 3.05) is 5.32 Å². The van der Waals surface area contributed by atoms with Crippen molar-refractivity contribution in [2.45, 2.75) is 26.3 Å². The maximum Gasteiger partial charge on any atom is 0.251 e. The molecule has 1 unspecified atom stereocenters.